The number of aromatic nitrogens is 2. The lowest BCUT2D eigenvalue weighted by molar-refractivity contribution is 0.105. The van der Waals surface area contributed by atoms with Gasteiger partial charge in [-0.1, -0.05) is 24.8 Å². The van der Waals surface area contributed by atoms with E-state index >= 15 is 0 Å². The predicted molar refractivity (Wildman–Crippen MR) is 93.4 cm³/mol. The number of ketones is 1. The van der Waals surface area contributed by atoms with Gasteiger partial charge in [-0.2, -0.15) is 0 Å². The summed E-state index contributed by atoms with van der Waals surface area (Å²) in [5, 5.41) is 9.54. The lowest BCUT2D eigenvalue weighted by Gasteiger charge is -2.10. The lowest BCUT2D eigenvalue weighted by atomic mass is 9.96. The highest BCUT2D eigenvalue weighted by Crippen LogP contribution is 2.28. The zero-order chi connectivity index (χ0) is 17.1. The van der Waals surface area contributed by atoms with E-state index in [1.54, 1.807) is 36.8 Å². The molecule has 2 heterocycles. The van der Waals surface area contributed by atoms with Gasteiger partial charge in [0, 0.05) is 46.4 Å². The minimum absolute atomic E-state index is 0.0175. The van der Waals surface area contributed by atoms with Crippen molar-refractivity contribution in [2.75, 3.05) is 5.73 Å². The molecule has 3 N–H and O–H groups in total. The van der Waals surface area contributed by atoms with E-state index < -0.39 is 0 Å². The smallest absolute Gasteiger partial charge is 0.193 e. The average molecular weight is 317 g/mol. The first kappa shape index (κ1) is 15.4. The SMILES string of the molecule is C=C(C(=O)c1cccc(O)c1)c1cc(-c2cccnc2)cnc1N. The summed E-state index contributed by atoms with van der Waals surface area (Å²) in [6, 6.07) is 11.6. The summed E-state index contributed by atoms with van der Waals surface area (Å²) >= 11 is 0. The summed E-state index contributed by atoms with van der Waals surface area (Å²) in [7, 11) is 0. The van der Waals surface area contributed by atoms with Gasteiger partial charge in [-0.15, -0.1) is 0 Å². The van der Waals surface area contributed by atoms with Crippen molar-refractivity contribution in [1.82, 2.24) is 9.97 Å². The number of aromatic hydroxyl groups is 1. The summed E-state index contributed by atoms with van der Waals surface area (Å²) in [5.74, 6) is -0.0762. The summed E-state index contributed by atoms with van der Waals surface area (Å²) in [6.07, 6.45) is 5.01. The van der Waals surface area contributed by atoms with Gasteiger partial charge >= 0.3 is 0 Å². The van der Waals surface area contributed by atoms with Gasteiger partial charge < -0.3 is 10.8 Å². The molecule has 0 aliphatic carbocycles. The molecule has 0 saturated heterocycles. The number of benzene rings is 1. The van der Waals surface area contributed by atoms with E-state index in [2.05, 4.69) is 16.5 Å². The van der Waals surface area contributed by atoms with Crippen LogP contribution in [0.5, 0.6) is 5.75 Å². The summed E-state index contributed by atoms with van der Waals surface area (Å²) < 4.78 is 0. The van der Waals surface area contributed by atoms with Crippen molar-refractivity contribution in [2.45, 2.75) is 0 Å². The number of carbonyl (C=O) groups excluding carboxylic acids is 1. The number of allylic oxidation sites excluding steroid dienone is 1. The van der Waals surface area contributed by atoms with E-state index in [0.717, 1.165) is 11.1 Å². The molecular formula is C19H15N3O2. The molecule has 3 rings (SSSR count). The van der Waals surface area contributed by atoms with E-state index in [1.807, 2.05) is 12.1 Å². The molecule has 0 aliphatic rings. The van der Waals surface area contributed by atoms with Crippen LogP contribution in [-0.4, -0.2) is 20.9 Å². The molecule has 1 aromatic carbocycles. The van der Waals surface area contributed by atoms with Crippen LogP contribution >= 0.6 is 0 Å². The van der Waals surface area contributed by atoms with Crippen LogP contribution < -0.4 is 5.73 Å². The van der Waals surface area contributed by atoms with Crippen molar-refractivity contribution in [2.24, 2.45) is 0 Å². The first-order valence-corrected chi connectivity index (χ1v) is 7.25. The largest absolute Gasteiger partial charge is 0.508 e. The first-order chi connectivity index (χ1) is 11.6. The molecule has 0 bridgehead atoms. The molecule has 3 aromatic rings. The Morgan fingerprint density at radius 1 is 1.08 bits per heavy atom. The molecule has 0 atom stereocenters. The predicted octanol–water partition coefficient (Wildman–Crippen LogP) is 3.33. The van der Waals surface area contributed by atoms with Gasteiger partial charge in [0.2, 0.25) is 0 Å². The molecule has 0 saturated carbocycles. The molecule has 0 unspecified atom stereocenters. The maximum atomic E-state index is 12.6. The van der Waals surface area contributed by atoms with Crippen LogP contribution in [0.25, 0.3) is 16.7 Å². The van der Waals surface area contributed by atoms with Gasteiger partial charge in [0.1, 0.15) is 11.6 Å². The zero-order valence-electron chi connectivity index (χ0n) is 12.8. The molecule has 5 heteroatoms. The van der Waals surface area contributed by atoms with Gasteiger partial charge in [0.15, 0.2) is 5.78 Å². The summed E-state index contributed by atoms with van der Waals surface area (Å²) in [5.41, 5.74) is 8.60. The van der Waals surface area contributed by atoms with E-state index in [-0.39, 0.29) is 22.9 Å². The molecule has 2 aromatic heterocycles. The number of Topliss-reactive ketones (excluding diaryl/α,β-unsaturated/α-hetero) is 1. The topological polar surface area (TPSA) is 89.1 Å². The molecule has 0 fully saturated rings. The highest BCUT2D eigenvalue weighted by molar-refractivity contribution is 6.29. The maximum Gasteiger partial charge on any atom is 0.193 e. The molecule has 118 valence electrons. The second kappa shape index (κ2) is 6.34. The third-order valence-corrected chi connectivity index (χ3v) is 3.62. The van der Waals surface area contributed by atoms with Crippen LogP contribution in [0.15, 0.2) is 67.6 Å². The van der Waals surface area contributed by atoms with Crippen molar-refractivity contribution in [3.63, 3.8) is 0 Å². The van der Waals surface area contributed by atoms with Gasteiger partial charge in [0.25, 0.3) is 0 Å². The van der Waals surface area contributed by atoms with E-state index in [1.165, 1.54) is 12.1 Å². The number of nitrogens with two attached hydrogens (primary N) is 1. The number of phenolic OH excluding ortho intramolecular Hbond substituents is 1. The standard InChI is InChI=1S/C19H15N3O2/c1-12(18(24)13-4-2-6-16(23)8-13)17-9-15(11-22-19(17)20)14-5-3-7-21-10-14/h2-11,23H,1H2,(H2,20,22). The Labute approximate surface area is 139 Å². The van der Waals surface area contributed by atoms with Crippen molar-refractivity contribution in [3.8, 4) is 16.9 Å². The van der Waals surface area contributed by atoms with Crippen LogP contribution in [0.3, 0.4) is 0 Å². The van der Waals surface area contributed by atoms with Crippen LogP contribution in [0.1, 0.15) is 15.9 Å². The number of hydrogen-bond acceptors (Lipinski definition) is 5. The highest BCUT2D eigenvalue weighted by atomic mass is 16.3. The van der Waals surface area contributed by atoms with Crippen LogP contribution in [0, 0.1) is 0 Å². The maximum absolute atomic E-state index is 12.6. The van der Waals surface area contributed by atoms with Gasteiger partial charge in [0.05, 0.1) is 0 Å². The van der Waals surface area contributed by atoms with E-state index in [9.17, 15) is 9.90 Å². The van der Waals surface area contributed by atoms with Crippen LogP contribution in [0.4, 0.5) is 5.82 Å². The third kappa shape index (κ3) is 3.01. The Morgan fingerprint density at radius 3 is 2.62 bits per heavy atom. The minimum atomic E-state index is -0.317. The minimum Gasteiger partial charge on any atom is -0.508 e. The van der Waals surface area contributed by atoms with Crippen molar-refractivity contribution in [1.29, 1.82) is 0 Å². The van der Waals surface area contributed by atoms with Crippen molar-refractivity contribution in [3.05, 3.63) is 78.8 Å². The molecular weight excluding hydrogens is 302 g/mol. The number of rotatable bonds is 4. The Hall–Kier alpha value is -3.47. The van der Waals surface area contributed by atoms with Gasteiger partial charge in [-0.3, -0.25) is 9.78 Å². The average Bonchev–Trinajstić information content (AvgIpc) is 2.61. The van der Waals surface area contributed by atoms with Crippen molar-refractivity contribution < 1.29 is 9.90 Å². The van der Waals surface area contributed by atoms with Crippen LogP contribution in [0.2, 0.25) is 0 Å². The molecule has 0 radical (unpaired) electrons. The fourth-order valence-electron chi connectivity index (χ4n) is 2.35. The second-order valence-electron chi connectivity index (χ2n) is 5.26. The zero-order valence-corrected chi connectivity index (χ0v) is 12.8. The monoisotopic (exact) mass is 317 g/mol. The second-order valence-corrected chi connectivity index (χ2v) is 5.26. The molecule has 0 aliphatic heterocycles. The summed E-state index contributed by atoms with van der Waals surface area (Å²) in [6.45, 7) is 3.86. The number of nitrogens with zero attached hydrogens (tertiary/aromatic N) is 2. The summed E-state index contributed by atoms with van der Waals surface area (Å²) in [4.78, 5) is 20.8. The van der Waals surface area contributed by atoms with Crippen LogP contribution in [-0.2, 0) is 0 Å². The Kier molecular flexibility index (Phi) is 4.07. The molecule has 24 heavy (non-hydrogen) atoms. The molecule has 5 nitrogen and oxygen atoms in total. The Morgan fingerprint density at radius 2 is 1.92 bits per heavy atom. The molecule has 0 spiro atoms. The molecule has 0 amide bonds. The fraction of sp³-hybridized carbons (Fsp3) is 0. The van der Waals surface area contributed by atoms with Gasteiger partial charge in [-0.25, -0.2) is 4.98 Å². The number of carbonyl (C=O) groups is 1. The first-order valence-electron chi connectivity index (χ1n) is 7.25. The Balaban J connectivity index is 1.99. The number of phenols is 1. The number of hydrogen-bond donors (Lipinski definition) is 2. The van der Waals surface area contributed by atoms with Gasteiger partial charge in [-0.05, 0) is 24.3 Å². The third-order valence-electron chi connectivity index (χ3n) is 3.62. The van der Waals surface area contributed by atoms with E-state index in [0.29, 0.717) is 11.1 Å². The lowest BCUT2D eigenvalue weighted by Crippen LogP contribution is -2.05. The Bertz CT molecular complexity index is 921. The number of anilines is 1. The number of pyridine rings is 2. The quantitative estimate of drug-likeness (QED) is 0.569. The fourth-order valence-corrected chi connectivity index (χ4v) is 2.35. The highest BCUT2D eigenvalue weighted by Gasteiger charge is 2.16. The normalized spacial score (nSPS) is 10.3. The number of nitrogen functional groups attached to an aromatic ring is 1. The van der Waals surface area contributed by atoms with Crippen molar-refractivity contribution >= 4 is 17.2 Å². The van der Waals surface area contributed by atoms with E-state index in [4.69, 9.17) is 5.73 Å².